The molecule has 0 aromatic heterocycles. The Morgan fingerprint density at radius 3 is 2.44 bits per heavy atom. The third-order valence-corrected chi connectivity index (χ3v) is 5.21. The third kappa shape index (κ3) is 4.90. The summed E-state index contributed by atoms with van der Waals surface area (Å²) in [6, 6.07) is 10.3. The molecule has 0 fully saturated rings. The fourth-order valence-corrected chi connectivity index (χ4v) is 2.94. The number of hydrogen-bond donors (Lipinski definition) is 1. The summed E-state index contributed by atoms with van der Waals surface area (Å²) in [5.41, 5.74) is 0.975. The SMILES string of the molecule is CCS(=O)(=O)c1ccc(NC(=O)/C=C/c2ccc(OC)c(F)c2)cc1. The van der Waals surface area contributed by atoms with Gasteiger partial charge in [0.15, 0.2) is 21.4 Å². The normalized spacial score (nSPS) is 11.5. The molecule has 0 aliphatic rings. The summed E-state index contributed by atoms with van der Waals surface area (Å²) in [6.07, 6.45) is 2.73. The molecule has 132 valence electrons. The van der Waals surface area contributed by atoms with Gasteiger partial charge in [-0.25, -0.2) is 12.8 Å². The van der Waals surface area contributed by atoms with Crippen molar-refractivity contribution in [3.63, 3.8) is 0 Å². The lowest BCUT2D eigenvalue weighted by molar-refractivity contribution is -0.111. The summed E-state index contributed by atoms with van der Waals surface area (Å²) in [7, 11) is -1.90. The average molecular weight is 363 g/mol. The maximum absolute atomic E-state index is 13.6. The van der Waals surface area contributed by atoms with Crippen LogP contribution >= 0.6 is 0 Å². The second-order valence-electron chi connectivity index (χ2n) is 5.14. The summed E-state index contributed by atoms with van der Waals surface area (Å²) in [4.78, 5) is 12.1. The van der Waals surface area contributed by atoms with E-state index in [2.05, 4.69) is 5.32 Å². The van der Waals surface area contributed by atoms with E-state index in [1.165, 1.54) is 55.7 Å². The molecule has 1 amide bonds. The van der Waals surface area contributed by atoms with Gasteiger partial charge < -0.3 is 10.1 Å². The number of nitrogens with one attached hydrogen (secondary N) is 1. The molecule has 25 heavy (non-hydrogen) atoms. The third-order valence-electron chi connectivity index (χ3n) is 3.46. The van der Waals surface area contributed by atoms with Crippen molar-refractivity contribution in [3.8, 4) is 5.75 Å². The molecule has 0 spiro atoms. The zero-order chi connectivity index (χ0) is 18.4. The smallest absolute Gasteiger partial charge is 0.248 e. The van der Waals surface area contributed by atoms with Crippen molar-refractivity contribution >= 4 is 27.5 Å². The van der Waals surface area contributed by atoms with Gasteiger partial charge in [-0.1, -0.05) is 13.0 Å². The zero-order valence-corrected chi connectivity index (χ0v) is 14.6. The van der Waals surface area contributed by atoms with Gasteiger partial charge in [0, 0.05) is 11.8 Å². The van der Waals surface area contributed by atoms with Crippen molar-refractivity contribution < 1.29 is 22.3 Å². The molecule has 7 heteroatoms. The number of methoxy groups -OCH3 is 1. The van der Waals surface area contributed by atoms with Gasteiger partial charge in [0.1, 0.15) is 0 Å². The van der Waals surface area contributed by atoms with Crippen LogP contribution in [-0.4, -0.2) is 27.2 Å². The predicted molar refractivity (Wildman–Crippen MR) is 94.8 cm³/mol. The summed E-state index contributed by atoms with van der Waals surface area (Å²) in [5.74, 6) is -0.788. The molecule has 0 radical (unpaired) electrons. The average Bonchev–Trinajstić information content (AvgIpc) is 2.60. The Morgan fingerprint density at radius 2 is 1.88 bits per heavy atom. The van der Waals surface area contributed by atoms with Crippen molar-refractivity contribution in [1.82, 2.24) is 0 Å². The lowest BCUT2D eigenvalue weighted by Gasteiger charge is -2.05. The van der Waals surface area contributed by atoms with Crippen LogP contribution in [0.1, 0.15) is 12.5 Å². The topological polar surface area (TPSA) is 72.5 Å². The van der Waals surface area contributed by atoms with E-state index in [4.69, 9.17) is 4.74 Å². The second-order valence-corrected chi connectivity index (χ2v) is 7.42. The maximum Gasteiger partial charge on any atom is 0.248 e. The van der Waals surface area contributed by atoms with E-state index in [1.54, 1.807) is 13.0 Å². The Balaban J connectivity index is 2.03. The lowest BCUT2D eigenvalue weighted by atomic mass is 10.2. The number of sulfone groups is 1. The van der Waals surface area contributed by atoms with E-state index in [9.17, 15) is 17.6 Å². The van der Waals surface area contributed by atoms with Crippen LogP contribution in [0.25, 0.3) is 6.08 Å². The molecule has 0 aliphatic carbocycles. The first-order valence-electron chi connectivity index (χ1n) is 7.51. The minimum atomic E-state index is -3.27. The summed E-state index contributed by atoms with van der Waals surface area (Å²) < 4.78 is 41.9. The fraction of sp³-hybridized carbons (Fsp3) is 0.167. The molecule has 1 N–H and O–H groups in total. The van der Waals surface area contributed by atoms with Crippen LogP contribution < -0.4 is 10.1 Å². The van der Waals surface area contributed by atoms with Gasteiger partial charge in [0.05, 0.1) is 17.8 Å². The molecule has 0 saturated heterocycles. The number of halogens is 1. The van der Waals surface area contributed by atoms with Crippen molar-refractivity contribution in [3.05, 3.63) is 59.9 Å². The largest absolute Gasteiger partial charge is 0.494 e. The zero-order valence-electron chi connectivity index (χ0n) is 13.8. The highest BCUT2D eigenvalue weighted by Crippen LogP contribution is 2.19. The number of hydrogen-bond acceptors (Lipinski definition) is 4. The van der Waals surface area contributed by atoms with Crippen molar-refractivity contribution in [1.29, 1.82) is 0 Å². The molecule has 0 unspecified atom stereocenters. The summed E-state index contributed by atoms with van der Waals surface area (Å²) >= 11 is 0. The standard InChI is InChI=1S/C18H18FNO4S/c1-3-25(22,23)15-8-6-14(7-9-15)20-18(21)11-5-13-4-10-17(24-2)16(19)12-13/h4-12H,3H2,1-2H3,(H,20,21)/b11-5+. The second kappa shape index (κ2) is 7.94. The van der Waals surface area contributed by atoms with E-state index in [0.29, 0.717) is 11.3 Å². The van der Waals surface area contributed by atoms with Crippen LogP contribution in [0.3, 0.4) is 0 Å². The molecular weight excluding hydrogens is 345 g/mol. The first kappa shape index (κ1) is 18.7. The maximum atomic E-state index is 13.6. The highest BCUT2D eigenvalue weighted by atomic mass is 32.2. The first-order chi connectivity index (χ1) is 11.9. The van der Waals surface area contributed by atoms with Crippen LogP contribution in [0, 0.1) is 5.82 Å². The van der Waals surface area contributed by atoms with Crippen LogP contribution in [0.2, 0.25) is 0 Å². The van der Waals surface area contributed by atoms with E-state index in [-0.39, 0.29) is 16.4 Å². The van der Waals surface area contributed by atoms with E-state index < -0.39 is 21.6 Å². The van der Waals surface area contributed by atoms with Gasteiger partial charge in [0.2, 0.25) is 5.91 Å². The first-order valence-corrected chi connectivity index (χ1v) is 9.16. The number of amides is 1. The fourth-order valence-electron chi connectivity index (χ4n) is 2.05. The van der Waals surface area contributed by atoms with Gasteiger partial charge in [-0.15, -0.1) is 0 Å². The Labute approximate surface area is 146 Å². The molecule has 0 bridgehead atoms. The molecule has 0 saturated carbocycles. The van der Waals surface area contributed by atoms with Crippen molar-refractivity contribution in [2.75, 3.05) is 18.2 Å². The molecule has 2 rings (SSSR count). The van der Waals surface area contributed by atoms with Gasteiger partial charge >= 0.3 is 0 Å². The molecule has 0 atom stereocenters. The highest BCUT2D eigenvalue weighted by molar-refractivity contribution is 7.91. The molecular formula is C18H18FNO4S. The molecule has 5 nitrogen and oxygen atoms in total. The van der Waals surface area contributed by atoms with Crippen molar-refractivity contribution in [2.24, 2.45) is 0 Å². The minimum absolute atomic E-state index is 0.0138. The van der Waals surface area contributed by atoms with Crippen LogP contribution in [0.4, 0.5) is 10.1 Å². The van der Waals surface area contributed by atoms with Gasteiger partial charge in [-0.05, 0) is 48.0 Å². The monoisotopic (exact) mass is 363 g/mol. The number of carbonyl (C=O) groups excluding carboxylic acids is 1. The molecule has 0 heterocycles. The van der Waals surface area contributed by atoms with Crippen LogP contribution in [-0.2, 0) is 14.6 Å². The van der Waals surface area contributed by atoms with Crippen LogP contribution in [0.5, 0.6) is 5.75 Å². The quantitative estimate of drug-likeness (QED) is 0.800. The minimum Gasteiger partial charge on any atom is -0.494 e. The van der Waals surface area contributed by atoms with Crippen molar-refractivity contribution in [2.45, 2.75) is 11.8 Å². The Hall–Kier alpha value is -2.67. The molecule has 2 aromatic rings. The Bertz CT molecular complexity index is 890. The van der Waals surface area contributed by atoms with Gasteiger partial charge in [-0.2, -0.15) is 0 Å². The number of anilines is 1. The Morgan fingerprint density at radius 1 is 1.20 bits per heavy atom. The summed E-state index contributed by atoms with van der Waals surface area (Å²) in [6.45, 7) is 1.57. The number of carbonyl (C=O) groups is 1. The Kier molecular flexibility index (Phi) is 5.93. The number of benzene rings is 2. The van der Waals surface area contributed by atoms with E-state index in [0.717, 1.165) is 0 Å². The van der Waals surface area contributed by atoms with Gasteiger partial charge in [-0.3, -0.25) is 4.79 Å². The lowest BCUT2D eigenvalue weighted by Crippen LogP contribution is -2.08. The van der Waals surface area contributed by atoms with E-state index >= 15 is 0 Å². The summed E-state index contributed by atoms with van der Waals surface area (Å²) in [5, 5.41) is 2.61. The molecule has 0 aliphatic heterocycles. The predicted octanol–water partition coefficient (Wildman–Crippen LogP) is 3.28. The molecule has 2 aromatic carbocycles. The van der Waals surface area contributed by atoms with Crippen LogP contribution in [0.15, 0.2) is 53.4 Å². The number of rotatable bonds is 6. The number of ether oxygens (including phenoxy) is 1. The highest BCUT2D eigenvalue weighted by Gasteiger charge is 2.11. The van der Waals surface area contributed by atoms with Gasteiger partial charge in [0.25, 0.3) is 0 Å². The van der Waals surface area contributed by atoms with E-state index in [1.807, 2.05) is 0 Å².